The molecule has 0 aliphatic heterocycles. The molecule has 0 aromatic heterocycles. The highest BCUT2D eigenvalue weighted by molar-refractivity contribution is 5.94. The van der Waals surface area contributed by atoms with Crippen LogP contribution in [0.15, 0.2) is 60.7 Å². The maximum absolute atomic E-state index is 14.1. The number of aliphatic hydroxyl groups excluding tert-OH is 1. The van der Waals surface area contributed by atoms with Crippen LogP contribution in [0.1, 0.15) is 77.3 Å². The van der Waals surface area contributed by atoms with E-state index < -0.39 is 54.0 Å². The molecule has 12 nitrogen and oxygen atoms in total. The normalized spacial score (nSPS) is 14.0. The first-order valence-corrected chi connectivity index (χ1v) is 17.1. The van der Waals surface area contributed by atoms with E-state index in [4.69, 9.17) is 9.47 Å². The lowest BCUT2D eigenvalue weighted by atomic mass is 9.78. The molecule has 0 saturated carbocycles. The minimum Gasteiger partial charge on any atom is -0.467 e. The summed E-state index contributed by atoms with van der Waals surface area (Å²) in [6.07, 6.45) is 3.08. The fourth-order valence-electron chi connectivity index (χ4n) is 5.54. The van der Waals surface area contributed by atoms with Crippen LogP contribution in [0.25, 0.3) is 0 Å². The van der Waals surface area contributed by atoms with E-state index in [0.717, 1.165) is 24.8 Å². The molecule has 0 aliphatic carbocycles. The highest BCUT2D eigenvalue weighted by atomic mass is 16.5. The molecule has 0 aliphatic rings. The third kappa shape index (κ3) is 13.5. The highest BCUT2D eigenvalue weighted by Crippen LogP contribution is 2.26. The Morgan fingerprint density at radius 2 is 1.49 bits per heavy atom. The number of methoxy groups -OCH3 is 1. The molecule has 5 N–H and O–H groups in total. The number of carbonyl (C=O) groups is 5. The topological polar surface area (TPSA) is 172 Å². The number of nitrogens with one attached hydrogen (secondary N) is 4. The van der Waals surface area contributed by atoms with E-state index in [-0.39, 0.29) is 37.8 Å². The van der Waals surface area contributed by atoms with Gasteiger partial charge in [-0.1, -0.05) is 94.3 Å². The van der Waals surface area contributed by atoms with Gasteiger partial charge in [0.1, 0.15) is 24.2 Å². The number of hydrogen-bond donors (Lipinski definition) is 5. The van der Waals surface area contributed by atoms with Crippen LogP contribution >= 0.6 is 0 Å². The Labute approximate surface area is 290 Å². The van der Waals surface area contributed by atoms with E-state index in [1.807, 2.05) is 43.3 Å². The van der Waals surface area contributed by atoms with E-state index in [2.05, 4.69) is 33.4 Å². The molecule has 0 radical (unpaired) electrons. The molecule has 2 aromatic rings. The zero-order valence-electron chi connectivity index (χ0n) is 29.5. The molecule has 4 atom stereocenters. The van der Waals surface area contributed by atoms with Crippen LogP contribution < -0.4 is 21.3 Å². The molecular weight excluding hydrogens is 628 g/mol. The molecule has 2 rings (SSSR count). The Morgan fingerprint density at radius 3 is 2.06 bits per heavy atom. The van der Waals surface area contributed by atoms with Crippen molar-refractivity contribution < 1.29 is 38.6 Å². The monoisotopic (exact) mass is 682 g/mol. The lowest BCUT2D eigenvalue weighted by molar-refractivity contribution is -0.148. The fourth-order valence-corrected chi connectivity index (χ4v) is 5.54. The van der Waals surface area contributed by atoms with Gasteiger partial charge in [0.2, 0.25) is 17.7 Å². The second-order valence-corrected chi connectivity index (χ2v) is 12.6. The third-order valence-corrected chi connectivity index (χ3v) is 8.41. The smallest absolute Gasteiger partial charge is 0.408 e. The van der Waals surface area contributed by atoms with Gasteiger partial charge in [-0.15, -0.1) is 0 Å². The van der Waals surface area contributed by atoms with Crippen molar-refractivity contribution in [3.63, 3.8) is 0 Å². The maximum Gasteiger partial charge on any atom is 0.408 e. The molecule has 2 unspecified atom stereocenters. The Hall–Kier alpha value is -4.45. The zero-order valence-corrected chi connectivity index (χ0v) is 29.5. The molecule has 2 aromatic carbocycles. The number of aryl methyl sites for hydroxylation is 1. The van der Waals surface area contributed by atoms with Crippen molar-refractivity contribution in [2.24, 2.45) is 11.8 Å². The highest BCUT2D eigenvalue weighted by Gasteiger charge is 2.47. The van der Waals surface area contributed by atoms with Gasteiger partial charge in [-0.05, 0) is 49.7 Å². The number of hydrogen-bond acceptors (Lipinski definition) is 8. The predicted molar refractivity (Wildman–Crippen MR) is 186 cm³/mol. The van der Waals surface area contributed by atoms with E-state index in [9.17, 15) is 29.1 Å². The first kappa shape index (κ1) is 40.7. The van der Waals surface area contributed by atoms with Gasteiger partial charge in [0.15, 0.2) is 0 Å². The summed E-state index contributed by atoms with van der Waals surface area (Å²) in [7, 11) is 1.22. The molecule has 0 spiro atoms. The second-order valence-electron chi connectivity index (χ2n) is 12.6. The van der Waals surface area contributed by atoms with Crippen molar-refractivity contribution in [3.05, 3.63) is 71.8 Å². The van der Waals surface area contributed by atoms with Crippen molar-refractivity contribution in [1.82, 2.24) is 21.3 Å². The molecule has 0 heterocycles. The number of ether oxygens (including phenoxy) is 2. The van der Waals surface area contributed by atoms with Crippen LogP contribution in [0.4, 0.5) is 4.79 Å². The molecule has 12 heteroatoms. The molecule has 49 heavy (non-hydrogen) atoms. The quantitative estimate of drug-likeness (QED) is 0.0978. The van der Waals surface area contributed by atoms with Crippen LogP contribution in [-0.4, -0.2) is 72.8 Å². The maximum atomic E-state index is 14.1. The van der Waals surface area contributed by atoms with Crippen molar-refractivity contribution in [1.29, 1.82) is 0 Å². The van der Waals surface area contributed by atoms with E-state index >= 15 is 0 Å². The number of rotatable bonds is 21. The van der Waals surface area contributed by atoms with Crippen LogP contribution in [-0.2, 0) is 41.7 Å². The third-order valence-electron chi connectivity index (χ3n) is 8.41. The average Bonchev–Trinajstić information content (AvgIpc) is 3.09. The van der Waals surface area contributed by atoms with Gasteiger partial charge in [-0.2, -0.15) is 0 Å². The number of esters is 1. The van der Waals surface area contributed by atoms with Gasteiger partial charge in [-0.3, -0.25) is 14.4 Å². The molecular formula is C37H54N4O8. The summed E-state index contributed by atoms with van der Waals surface area (Å²) in [4.78, 5) is 65.5. The van der Waals surface area contributed by atoms with Crippen molar-refractivity contribution in [3.8, 4) is 0 Å². The number of benzene rings is 2. The SMILES string of the molecule is CCC[C@](NC(=O)CCCCCc1ccccc1)(C(=O)NC(C(=O)OC)C(C)C)C(CO)CNC(=O)[C@H](C)NC(=O)OCc1ccccc1. The summed E-state index contributed by atoms with van der Waals surface area (Å²) in [5.74, 6) is -3.60. The summed E-state index contributed by atoms with van der Waals surface area (Å²) in [5.41, 5.74) is 0.328. The largest absolute Gasteiger partial charge is 0.467 e. The number of aliphatic hydroxyl groups is 1. The molecule has 0 fully saturated rings. The summed E-state index contributed by atoms with van der Waals surface area (Å²) >= 11 is 0. The van der Waals surface area contributed by atoms with Gasteiger partial charge in [0.25, 0.3) is 0 Å². The van der Waals surface area contributed by atoms with E-state index in [0.29, 0.717) is 12.8 Å². The minimum absolute atomic E-state index is 0.0257. The number of carbonyl (C=O) groups excluding carboxylic acids is 5. The molecule has 270 valence electrons. The number of alkyl carbamates (subject to hydrolysis) is 1. The summed E-state index contributed by atoms with van der Waals surface area (Å²) in [5, 5.41) is 21.4. The van der Waals surface area contributed by atoms with Gasteiger partial charge < -0.3 is 35.8 Å². The molecule has 0 saturated heterocycles. The first-order valence-electron chi connectivity index (χ1n) is 17.1. The lowest BCUT2D eigenvalue weighted by Gasteiger charge is -2.40. The summed E-state index contributed by atoms with van der Waals surface area (Å²) in [6, 6.07) is 17.1. The number of unbranched alkanes of at least 4 members (excludes halogenated alkanes) is 2. The van der Waals surface area contributed by atoms with E-state index in [1.165, 1.54) is 19.6 Å². The molecule has 0 bridgehead atoms. The Bertz CT molecular complexity index is 1320. The van der Waals surface area contributed by atoms with Crippen LogP contribution in [0, 0.1) is 11.8 Å². The van der Waals surface area contributed by atoms with Crippen molar-refractivity contribution in [2.45, 2.75) is 96.9 Å². The van der Waals surface area contributed by atoms with Crippen molar-refractivity contribution >= 4 is 29.8 Å². The predicted octanol–water partition coefficient (Wildman–Crippen LogP) is 3.80. The molecule has 4 amide bonds. The summed E-state index contributed by atoms with van der Waals surface area (Å²) in [6.45, 7) is 6.05. The van der Waals surface area contributed by atoms with Crippen LogP contribution in [0.2, 0.25) is 0 Å². The standard InChI is InChI=1S/C37H54N4O8/c1-6-22-37(35(46)40-32(26(2)3)34(45)48-5,41-31(43)21-15-9-12-18-28-16-10-7-11-17-28)30(24-42)23-38-33(44)27(4)39-36(47)49-25-29-19-13-8-14-20-29/h7-8,10-11,13-14,16-17,19-20,26-27,30,32,42H,6,9,12,15,18,21-25H2,1-5H3,(H,38,44)(H,39,47)(H,40,46)(H,41,43)/t27-,30?,32?,37+/m0/s1. The minimum atomic E-state index is -1.68. The van der Waals surface area contributed by atoms with Crippen molar-refractivity contribution in [2.75, 3.05) is 20.3 Å². The first-order chi connectivity index (χ1) is 23.5. The Morgan fingerprint density at radius 1 is 0.857 bits per heavy atom. The number of amides is 4. The van der Waals surface area contributed by atoms with E-state index in [1.54, 1.807) is 26.0 Å². The Balaban J connectivity index is 2.16. The van der Waals surface area contributed by atoms with Gasteiger partial charge in [-0.25, -0.2) is 9.59 Å². The van der Waals surface area contributed by atoms with Crippen LogP contribution in [0.3, 0.4) is 0 Å². The summed E-state index contributed by atoms with van der Waals surface area (Å²) < 4.78 is 10.1. The average molecular weight is 683 g/mol. The van der Waals surface area contributed by atoms with Gasteiger partial charge in [0.05, 0.1) is 13.7 Å². The zero-order chi connectivity index (χ0) is 36.2. The lowest BCUT2D eigenvalue weighted by Crippen LogP contribution is -2.67. The Kier molecular flexibility index (Phi) is 17.9. The van der Waals surface area contributed by atoms with Gasteiger partial charge in [0, 0.05) is 18.9 Å². The second kappa shape index (κ2) is 21.5. The van der Waals surface area contributed by atoms with Crippen LogP contribution in [0.5, 0.6) is 0 Å². The fraction of sp³-hybridized carbons (Fsp3) is 0.541. The van der Waals surface area contributed by atoms with Gasteiger partial charge >= 0.3 is 12.1 Å².